The summed E-state index contributed by atoms with van der Waals surface area (Å²) >= 11 is 0. The molecule has 0 saturated heterocycles. The number of carbonyl (C=O) groups is 7. The highest BCUT2D eigenvalue weighted by Gasteiger charge is 2.33. The summed E-state index contributed by atoms with van der Waals surface area (Å²) in [6.07, 6.45) is -3.43. The minimum Gasteiger partial charge on any atom is -0.481 e. The van der Waals surface area contributed by atoms with Crippen molar-refractivity contribution in [2.45, 2.75) is 75.8 Å². The molecule has 0 aliphatic rings. The van der Waals surface area contributed by atoms with Crippen LogP contribution in [-0.4, -0.2) is 93.1 Å². The minimum atomic E-state index is -1.78. The van der Waals surface area contributed by atoms with Crippen LogP contribution in [0, 0.1) is 0 Å². The second-order valence-electron chi connectivity index (χ2n) is 9.33. The zero-order valence-electron chi connectivity index (χ0n) is 22.5. The van der Waals surface area contributed by atoms with Crippen molar-refractivity contribution < 1.29 is 48.9 Å². The second-order valence-corrected chi connectivity index (χ2v) is 9.33. The molecule has 0 unspecified atom stereocenters. The van der Waals surface area contributed by atoms with Crippen molar-refractivity contribution in [2.75, 3.05) is 0 Å². The topological polar surface area (TPSA) is 280 Å². The van der Waals surface area contributed by atoms with Crippen molar-refractivity contribution >= 4 is 41.5 Å². The van der Waals surface area contributed by atoms with E-state index in [9.17, 15) is 43.8 Å². The third kappa shape index (κ3) is 12.4. The molecule has 0 radical (unpaired) electrons. The van der Waals surface area contributed by atoms with E-state index in [4.69, 9.17) is 16.6 Å². The molecular weight excluding hydrogens is 544 g/mol. The molecule has 16 nitrogen and oxygen atoms in total. The van der Waals surface area contributed by atoms with Gasteiger partial charge in [-0.2, -0.15) is 0 Å². The van der Waals surface area contributed by atoms with E-state index in [2.05, 4.69) is 16.0 Å². The minimum absolute atomic E-state index is 0.0182. The maximum Gasteiger partial charge on any atom is 0.328 e. The normalized spacial score (nSPS) is 15.1. The molecule has 11 N–H and O–H groups in total. The molecule has 0 spiro atoms. The predicted octanol–water partition coefficient (Wildman–Crippen LogP) is -3.28. The summed E-state index contributed by atoms with van der Waals surface area (Å²) in [5.41, 5.74) is 11.5. The van der Waals surface area contributed by atoms with Gasteiger partial charge in [0.25, 0.3) is 0 Å². The number of hydrogen-bond donors (Lipinski definition) is 9. The Bertz CT molecular complexity index is 1110. The number of benzene rings is 1. The number of nitrogens with one attached hydrogen (secondary N) is 4. The number of nitrogens with two attached hydrogens (primary N) is 2. The highest BCUT2D eigenvalue weighted by atomic mass is 16.4. The first kappa shape index (κ1) is 34.5. The molecule has 1 aromatic rings. The smallest absolute Gasteiger partial charge is 0.328 e. The van der Waals surface area contributed by atoms with Crippen LogP contribution in [-0.2, 0) is 40.0 Å². The largest absolute Gasteiger partial charge is 0.481 e. The summed E-state index contributed by atoms with van der Waals surface area (Å²) in [4.78, 5) is 85.4. The summed E-state index contributed by atoms with van der Waals surface area (Å²) in [5.74, 6) is -7.76. The Labute approximate surface area is 235 Å². The average Bonchev–Trinajstić information content (AvgIpc) is 2.88. The summed E-state index contributed by atoms with van der Waals surface area (Å²) in [7, 11) is 0. The Kier molecular flexibility index (Phi) is 13.9. The van der Waals surface area contributed by atoms with Crippen LogP contribution >= 0.6 is 0 Å². The first-order valence-electron chi connectivity index (χ1n) is 12.5. The molecular formula is C25H36N6O10. The number of aliphatic hydroxyl groups is 1. The van der Waals surface area contributed by atoms with E-state index in [0.29, 0.717) is 5.56 Å². The van der Waals surface area contributed by atoms with Crippen LogP contribution in [0.4, 0.5) is 0 Å². The summed E-state index contributed by atoms with van der Waals surface area (Å²) in [6, 6.07) is 1.23. The van der Waals surface area contributed by atoms with Crippen LogP contribution in [0.5, 0.6) is 0 Å². The number of aliphatic carboxylic acids is 2. The van der Waals surface area contributed by atoms with Gasteiger partial charge in [0.15, 0.2) is 6.04 Å². The number of hydrogen-bond acceptors (Lipinski definition) is 9. The van der Waals surface area contributed by atoms with Gasteiger partial charge in [-0.25, -0.2) is 4.79 Å². The maximum absolute atomic E-state index is 13.2. The number of aliphatic hydroxyl groups excluding tert-OH is 1. The number of carboxylic acids is 2. The van der Waals surface area contributed by atoms with E-state index in [1.54, 1.807) is 30.3 Å². The second kappa shape index (κ2) is 16.5. The van der Waals surface area contributed by atoms with Gasteiger partial charge in [-0.05, 0) is 25.8 Å². The van der Waals surface area contributed by atoms with Gasteiger partial charge in [-0.15, -0.1) is 0 Å². The Balaban J connectivity index is 3.20. The first-order valence-corrected chi connectivity index (χ1v) is 12.5. The third-order valence-corrected chi connectivity index (χ3v) is 5.69. The molecule has 0 aliphatic heterocycles. The lowest BCUT2D eigenvalue weighted by Crippen LogP contribution is -2.59. The fourth-order valence-electron chi connectivity index (χ4n) is 3.50. The Morgan fingerprint density at radius 3 is 1.78 bits per heavy atom. The summed E-state index contributed by atoms with van der Waals surface area (Å²) < 4.78 is 0. The van der Waals surface area contributed by atoms with Gasteiger partial charge in [0.2, 0.25) is 29.5 Å². The van der Waals surface area contributed by atoms with Crippen molar-refractivity contribution in [3.05, 3.63) is 35.9 Å². The van der Waals surface area contributed by atoms with Crippen molar-refractivity contribution in [2.24, 2.45) is 11.5 Å². The van der Waals surface area contributed by atoms with Crippen LogP contribution in [0.2, 0.25) is 0 Å². The lowest BCUT2D eigenvalue weighted by Gasteiger charge is -2.26. The molecule has 226 valence electrons. The van der Waals surface area contributed by atoms with Crippen LogP contribution in [0.15, 0.2) is 30.3 Å². The molecule has 0 fully saturated rings. The molecule has 41 heavy (non-hydrogen) atoms. The monoisotopic (exact) mass is 580 g/mol. The van der Waals surface area contributed by atoms with Crippen LogP contribution < -0.4 is 32.7 Å². The fraction of sp³-hybridized carbons (Fsp3) is 0.480. The first-order chi connectivity index (χ1) is 19.1. The number of carboxylic acid groups (broad SMARTS) is 2. The third-order valence-electron chi connectivity index (χ3n) is 5.69. The Morgan fingerprint density at radius 1 is 0.780 bits per heavy atom. The SMILES string of the molecule is C[C@H](N)C(=O)N[C@@H](Cc1ccccc1)C(=O)N[C@@H](CC(N)=O)C(=O)N[C@@H](CCC(=O)O)C(=O)N[C@H](C(=O)O)[C@@H](C)O. The van der Waals surface area contributed by atoms with Crippen LogP contribution in [0.1, 0.15) is 38.7 Å². The Morgan fingerprint density at radius 2 is 1.29 bits per heavy atom. The number of primary amides is 1. The molecule has 6 atom stereocenters. The zero-order valence-corrected chi connectivity index (χ0v) is 22.5. The highest BCUT2D eigenvalue weighted by molar-refractivity contribution is 5.97. The van der Waals surface area contributed by atoms with E-state index in [1.807, 2.05) is 5.32 Å². The van der Waals surface area contributed by atoms with Gasteiger partial charge < -0.3 is 48.1 Å². The lowest BCUT2D eigenvalue weighted by atomic mass is 10.0. The molecule has 0 bridgehead atoms. The van der Waals surface area contributed by atoms with E-state index >= 15 is 0 Å². The molecule has 5 amide bonds. The van der Waals surface area contributed by atoms with Gasteiger partial charge in [0.1, 0.15) is 18.1 Å². The molecule has 1 aromatic carbocycles. The van der Waals surface area contributed by atoms with Crippen molar-refractivity contribution in [1.82, 2.24) is 21.3 Å². The van der Waals surface area contributed by atoms with E-state index in [0.717, 1.165) is 6.92 Å². The predicted molar refractivity (Wildman–Crippen MR) is 142 cm³/mol. The highest BCUT2D eigenvalue weighted by Crippen LogP contribution is 2.07. The molecule has 0 heterocycles. The summed E-state index contributed by atoms with van der Waals surface area (Å²) in [5, 5.41) is 36.9. The zero-order chi connectivity index (χ0) is 31.3. The lowest BCUT2D eigenvalue weighted by molar-refractivity contribution is -0.145. The standard InChI is InChI=1S/C25H36N6O10/c1-12(26)21(36)29-16(10-14-6-4-3-5-7-14)23(38)30-17(11-18(27)33)24(39)28-15(8-9-19(34)35)22(37)31-20(13(2)32)25(40)41/h3-7,12-13,15-17,20,32H,8-11,26H2,1-2H3,(H2,27,33)(H,28,39)(H,29,36)(H,30,38)(H,31,37)(H,34,35)(H,40,41)/t12-,13+,15-,16-,17-,20-/m0/s1. The summed E-state index contributed by atoms with van der Waals surface area (Å²) in [6.45, 7) is 2.49. The quantitative estimate of drug-likeness (QED) is 0.0880. The van der Waals surface area contributed by atoms with Crippen molar-refractivity contribution in [3.63, 3.8) is 0 Å². The van der Waals surface area contributed by atoms with E-state index < -0.39 is 97.1 Å². The molecule has 0 aromatic heterocycles. The van der Waals surface area contributed by atoms with Crippen molar-refractivity contribution in [1.29, 1.82) is 0 Å². The van der Waals surface area contributed by atoms with E-state index in [-0.39, 0.29) is 6.42 Å². The van der Waals surface area contributed by atoms with Crippen molar-refractivity contribution in [3.8, 4) is 0 Å². The molecule has 0 saturated carbocycles. The number of carbonyl (C=O) groups excluding carboxylic acids is 5. The molecule has 16 heteroatoms. The van der Waals surface area contributed by atoms with Gasteiger partial charge >= 0.3 is 11.9 Å². The van der Waals surface area contributed by atoms with Crippen LogP contribution in [0.3, 0.4) is 0 Å². The molecule has 0 aliphatic carbocycles. The maximum atomic E-state index is 13.2. The number of amides is 5. The van der Waals surface area contributed by atoms with Crippen LogP contribution in [0.25, 0.3) is 0 Å². The van der Waals surface area contributed by atoms with Gasteiger partial charge in [0.05, 0.1) is 18.6 Å². The van der Waals surface area contributed by atoms with Gasteiger partial charge in [0, 0.05) is 12.8 Å². The Hall–Kier alpha value is -4.57. The molecule has 1 rings (SSSR count). The fourth-order valence-corrected chi connectivity index (χ4v) is 3.50. The van der Waals surface area contributed by atoms with E-state index in [1.165, 1.54) is 6.92 Å². The van der Waals surface area contributed by atoms with Gasteiger partial charge in [-0.3, -0.25) is 28.8 Å². The number of rotatable bonds is 17. The average molecular weight is 581 g/mol. The van der Waals surface area contributed by atoms with Gasteiger partial charge in [-0.1, -0.05) is 30.3 Å².